The Morgan fingerprint density at radius 2 is 2.00 bits per heavy atom. The quantitative estimate of drug-likeness (QED) is 0.708. The van der Waals surface area contributed by atoms with E-state index >= 15 is 0 Å². The summed E-state index contributed by atoms with van der Waals surface area (Å²) in [4.78, 5) is 22.7. The van der Waals surface area contributed by atoms with Crippen LogP contribution in [0.3, 0.4) is 0 Å². The standard InChI is InChI=1S/C21H29F3N6O/c1-30-11-8-20(14-25,9-12-30)29-18(31)16(13-15-5-3-2-4-6-15)27-19-26-10-7-17(28-19)21(22,23)24/h7,10,15-16H,2-6,8-9,11-13H2,1H3,(H,29,31)(H,26,27,28)/t16-/m0/s1. The molecule has 0 bridgehead atoms. The van der Waals surface area contributed by atoms with Gasteiger partial charge in [-0.1, -0.05) is 32.1 Å². The van der Waals surface area contributed by atoms with E-state index in [1.54, 1.807) is 0 Å². The molecule has 2 N–H and O–H groups in total. The molecule has 0 spiro atoms. The molecule has 170 valence electrons. The number of nitrogens with zero attached hydrogens (tertiary/aromatic N) is 4. The van der Waals surface area contributed by atoms with E-state index < -0.39 is 29.4 Å². The van der Waals surface area contributed by atoms with Crippen molar-refractivity contribution in [2.75, 3.05) is 25.5 Å². The Morgan fingerprint density at radius 1 is 1.32 bits per heavy atom. The number of carbonyl (C=O) groups excluding carboxylic acids is 1. The summed E-state index contributed by atoms with van der Waals surface area (Å²) in [5.41, 5.74) is -2.03. The van der Waals surface area contributed by atoms with E-state index in [2.05, 4.69) is 31.6 Å². The molecule has 10 heteroatoms. The van der Waals surface area contributed by atoms with Gasteiger partial charge in [0.25, 0.3) is 0 Å². The van der Waals surface area contributed by atoms with Gasteiger partial charge in [-0.2, -0.15) is 18.4 Å². The van der Waals surface area contributed by atoms with E-state index in [1.807, 2.05) is 7.05 Å². The van der Waals surface area contributed by atoms with Gasteiger partial charge in [0.15, 0.2) is 0 Å². The van der Waals surface area contributed by atoms with Crippen molar-refractivity contribution in [3.63, 3.8) is 0 Å². The van der Waals surface area contributed by atoms with Gasteiger partial charge in [-0.15, -0.1) is 0 Å². The van der Waals surface area contributed by atoms with Gasteiger partial charge in [0.05, 0.1) is 6.07 Å². The maximum Gasteiger partial charge on any atom is 0.433 e. The van der Waals surface area contributed by atoms with Crippen LogP contribution in [0, 0.1) is 17.2 Å². The van der Waals surface area contributed by atoms with Crippen LogP contribution in [0.25, 0.3) is 0 Å². The van der Waals surface area contributed by atoms with Gasteiger partial charge < -0.3 is 15.5 Å². The molecule has 7 nitrogen and oxygen atoms in total. The monoisotopic (exact) mass is 438 g/mol. The molecular weight excluding hydrogens is 409 g/mol. The number of hydrogen-bond acceptors (Lipinski definition) is 6. The molecule has 1 saturated carbocycles. The highest BCUT2D eigenvalue weighted by Gasteiger charge is 2.38. The molecule has 2 aliphatic rings. The van der Waals surface area contributed by atoms with Crippen molar-refractivity contribution in [3.8, 4) is 6.07 Å². The largest absolute Gasteiger partial charge is 0.433 e. The fraction of sp³-hybridized carbons (Fsp3) is 0.714. The highest BCUT2D eigenvalue weighted by molar-refractivity contribution is 5.85. The minimum atomic E-state index is -4.60. The lowest BCUT2D eigenvalue weighted by Crippen LogP contribution is -2.57. The van der Waals surface area contributed by atoms with Crippen LogP contribution < -0.4 is 10.6 Å². The molecule has 3 rings (SSSR count). The predicted molar refractivity (Wildman–Crippen MR) is 109 cm³/mol. The summed E-state index contributed by atoms with van der Waals surface area (Å²) >= 11 is 0. The molecule has 0 aromatic carbocycles. The second kappa shape index (κ2) is 9.81. The molecule has 1 atom stereocenters. The Kier molecular flexibility index (Phi) is 7.36. The van der Waals surface area contributed by atoms with Gasteiger partial charge in [-0.05, 0) is 38.3 Å². The van der Waals surface area contributed by atoms with Crippen molar-refractivity contribution in [2.24, 2.45) is 5.92 Å². The summed E-state index contributed by atoms with van der Waals surface area (Å²) < 4.78 is 39.1. The lowest BCUT2D eigenvalue weighted by Gasteiger charge is -2.37. The third kappa shape index (κ3) is 6.29. The maximum absolute atomic E-state index is 13.2. The SMILES string of the molecule is CN1CCC(C#N)(NC(=O)[C@H](CC2CCCCC2)Nc2nccc(C(F)(F)F)n2)CC1. The summed E-state index contributed by atoms with van der Waals surface area (Å²) in [6.45, 7) is 1.37. The first kappa shape index (κ1) is 23.3. The van der Waals surface area contributed by atoms with Crippen molar-refractivity contribution in [1.82, 2.24) is 20.2 Å². The zero-order chi connectivity index (χ0) is 22.5. The number of hydrogen-bond donors (Lipinski definition) is 2. The van der Waals surface area contributed by atoms with Gasteiger partial charge in [0, 0.05) is 19.3 Å². The molecule has 2 heterocycles. The van der Waals surface area contributed by atoms with Crippen LogP contribution in [0.1, 0.15) is 57.1 Å². The van der Waals surface area contributed by atoms with Crippen LogP contribution >= 0.6 is 0 Å². The topological polar surface area (TPSA) is 93.9 Å². The Bertz CT molecular complexity index is 795. The summed E-state index contributed by atoms with van der Waals surface area (Å²) in [7, 11) is 1.96. The number of rotatable bonds is 6. The molecule has 0 radical (unpaired) electrons. The molecule has 1 aliphatic carbocycles. The number of piperidine rings is 1. The predicted octanol–water partition coefficient (Wildman–Crippen LogP) is 3.35. The molecule has 1 saturated heterocycles. The van der Waals surface area contributed by atoms with Gasteiger partial charge >= 0.3 is 6.18 Å². The van der Waals surface area contributed by atoms with E-state index in [9.17, 15) is 23.2 Å². The Balaban J connectivity index is 1.77. The Labute approximate surface area is 180 Å². The number of halogens is 3. The lowest BCUT2D eigenvalue weighted by molar-refractivity contribution is -0.141. The van der Waals surface area contributed by atoms with E-state index in [4.69, 9.17) is 0 Å². The molecule has 1 aliphatic heterocycles. The first-order chi connectivity index (χ1) is 14.7. The highest BCUT2D eigenvalue weighted by Crippen LogP contribution is 2.30. The molecule has 2 fully saturated rings. The molecule has 31 heavy (non-hydrogen) atoms. The van der Waals surface area contributed by atoms with Crippen LogP contribution in [0.5, 0.6) is 0 Å². The van der Waals surface area contributed by atoms with Crippen molar-refractivity contribution in [2.45, 2.75) is 69.1 Å². The smallest absolute Gasteiger partial charge is 0.342 e. The summed E-state index contributed by atoms with van der Waals surface area (Å²) in [5, 5.41) is 15.5. The van der Waals surface area contributed by atoms with E-state index in [0.29, 0.717) is 38.3 Å². The minimum Gasteiger partial charge on any atom is -0.342 e. The van der Waals surface area contributed by atoms with Crippen LogP contribution in [0.2, 0.25) is 0 Å². The summed E-state index contributed by atoms with van der Waals surface area (Å²) in [5.74, 6) is -0.337. The highest BCUT2D eigenvalue weighted by atomic mass is 19.4. The fourth-order valence-electron chi connectivity index (χ4n) is 4.32. The van der Waals surface area contributed by atoms with Gasteiger partial charge in [0.2, 0.25) is 11.9 Å². The van der Waals surface area contributed by atoms with Crippen LogP contribution in [0.15, 0.2) is 12.3 Å². The zero-order valence-electron chi connectivity index (χ0n) is 17.7. The molecular formula is C21H29F3N6O. The molecule has 1 aromatic rings. The maximum atomic E-state index is 13.2. The van der Waals surface area contributed by atoms with Gasteiger partial charge in [0.1, 0.15) is 17.3 Å². The summed E-state index contributed by atoms with van der Waals surface area (Å²) in [6.07, 6.45) is 3.16. The van der Waals surface area contributed by atoms with E-state index in [1.165, 1.54) is 0 Å². The third-order valence-electron chi connectivity index (χ3n) is 6.28. The number of amides is 1. The Hall–Kier alpha value is -2.41. The number of nitriles is 1. The number of aromatic nitrogens is 2. The van der Waals surface area contributed by atoms with Crippen molar-refractivity contribution in [3.05, 3.63) is 18.0 Å². The molecule has 1 aromatic heterocycles. The Morgan fingerprint density at radius 3 is 2.61 bits per heavy atom. The number of anilines is 1. The van der Waals surface area contributed by atoms with Crippen LogP contribution in [-0.4, -0.2) is 52.5 Å². The molecule has 1 amide bonds. The number of alkyl halides is 3. The minimum absolute atomic E-state index is 0.236. The first-order valence-corrected chi connectivity index (χ1v) is 10.8. The van der Waals surface area contributed by atoms with Gasteiger partial charge in [-0.3, -0.25) is 4.79 Å². The third-order valence-corrected chi connectivity index (χ3v) is 6.28. The van der Waals surface area contributed by atoms with E-state index in [-0.39, 0.29) is 5.95 Å². The fourth-order valence-corrected chi connectivity index (χ4v) is 4.32. The van der Waals surface area contributed by atoms with Crippen molar-refractivity contribution >= 4 is 11.9 Å². The van der Waals surface area contributed by atoms with Crippen molar-refractivity contribution < 1.29 is 18.0 Å². The van der Waals surface area contributed by atoms with E-state index in [0.717, 1.165) is 44.4 Å². The van der Waals surface area contributed by atoms with Crippen molar-refractivity contribution in [1.29, 1.82) is 5.26 Å². The number of likely N-dealkylation sites (tertiary alicyclic amines) is 1. The second-order valence-corrected chi connectivity index (χ2v) is 8.69. The zero-order valence-corrected chi connectivity index (χ0v) is 17.7. The normalized spacial score (nSPS) is 21.1. The molecule has 0 unspecified atom stereocenters. The summed E-state index contributed by atoms with van der Waals surface area (Å²) in [6, 6.07) is 2.24. The second-order valence-electron chi connectivity index (χ2n) is 8.69. The lowest BCUT2D eigenvalue weighted by atomic mass is 9.84. The first-order valence-electron chi connectivity index (χ1n) is 10.8. The van der Waals surface area contributed by atoms with Crippen LogP contribution in [0.4, 0.5) is 19.1 Å². The van der Waals surface area contributed by atoms with Crippen LogP contribution in [-0.2, 0) is 11.0 Å². The van der Waals surface area contributed by atoms with Gasteiger partial charge in [-0.25, -0.2) is 9.97 Å². The average molecular weight is 438 g/mol. The number of carbonyl (C=O) groups is 1. The number of nitrogens with one attached hydrogen (secondary N) is 2. The average Bonchev–Trinajstić information content (AvgIpc) is 2.75.